The molecule has 2 aliphatic carbocycles. The van der Waals surface area contributed by atoms with Crippen LogP contribution in [-0.2, 0) is 4.74 Å². The lowest BCUT2D eigenvalue weighted by Gasteiger charge is -2.18. The smallest absolute Gasteiger partial charge is 0.165 e. The number of nitrogens with one attached hydrogen (secondary N) is 1. The number of benzene rings is 2. The van der Waals surface area contributed by atoms with E-state index in [-0.39, 0.29) is 11.7 Å². The van der Waals surface area contributed by atoms with Crippen LogP contribution in [0.1, 0.15) is 90.4 Å². The number of nitriles is 1. The molecule has 186 valence electrons. The number of hydrogen-bond donors (Lipinski definition) is 1. The van der Waals surface area contributed by atoms with Crippen molar-refractivity contribution in [3.05, 3.63) is 87.5 Å². The zero-order chi connectivity index (χ0) is 25.7. The number of hydrogen-bond acceptors (Lipinski definition) is 4. The molecule has 0 amide bonds. The maximum atomic E-state index is 13.7. The third kappa shape index (κ3) is 5.74. The van der Waals surface area contributed by atoms with Gasteiger partial charge >= 0.3 is 0 Å². The molecule has 1 N–H and O–H groups in total. The number of rotatable bonds is 6. The lowest BCUT2D eigenvalue weighted by molar-refractivity contribution is 0.0907. The van der Waals surface area contributed by atoms with Gasteiger partial charge in [0.05, 0.1) is 18.2 Å². The lowest BCUT2D eigenvalue weighted by Crippen LogP contribution is -2.15. The van der Waals surface area contributed by atoms with Crippen molar-refractivity contribution in [2.24, 2.45) is 5.92 Å². The largest absolute Gasteiger partial charge is 0.380 e. The van der Waals surface area contributed by atoms with Crippen LogP contribution in [0.25, 0.3) is 5.57 Å². The van der Waals surface area contributed by atoms with E-state index in [2.05, 4.69) is 50.3 Å². The second-order valence-electron chi connectivity index (χ2n) is 10.3. The molecule has 0 bridgehead atoms. The van der Waals surface area contributed by atoms with Crippen molar-refractivity contribution in [2.45, 2.75) is 64.7 Å². The highest BCUT2D eigenvalue weighted by molar-refractivity contribution is 6.06. The molecule has 2 aromatic carbocycles. The van der Waals surface area contributed by atoms with Crippen molar-refractivity contribution in [1.82, 2.24) is 0 Å². The Hall–Kier alpha value is -3.29. The third-order valence-electron chi connectivity index (χ3n) is 7.91. The molecule has 2 unspecified atom stereocenters. The summed E-state index contributed by atoms with van der Waals surface area (Å²) >= 11 is 0. The van der Waals surface area contributed by atoms with E-state index in [0.717, 1.165) is 66.4 Å². The molecule has 4 rings (SSSR count). The first kappa shape index (κ1) is 25.8. The van der Waals surface area contributed by atoms with E-state index in [4.69, 9.17) is 15.4 Å². The van der Waals surface area contributed by atoms with E-state index in [1.54, 1.807) is 7.11 Å². The van der Waals surface area contributed by atoms with Crippen molar-refractivity contribution in [3.63, 3.8) is 0 Å². The summed E-state index contributed by atoms with van der Waals surface area (Å²) in [6, 6.07) is 16.3. The van der Waals surface area contributed by atoms with Gasteiger partial charge in [-0.2, -0.15) is 5.26 Å². The summed E-state index contributed by atoms with van der Waals surface area (Å²) in [5.74, 6) is 0.737. The Morgan fingerprint density at radius 3 is 2.58 bits per heavy atom. The van der Waals surface area contributed by atoms with Crippen molar-refractivity contribution in [3.8, 4) is 6.07 Å². The Kier molecular flexibility index (Phi) is 8.33. The van der Waals surface area contributed by atoms with Gasteiger partial charge in [-0.05, 0) is 97.9 Å². The molecule has 0 aliphatic heterocycles. The Morgan fingerprint density at radius 2 is 1.86 bits per heavy atom. The molecular formula is C32H36N2O2. The van der Waals surface area contributed by atoms with Crippen LogP contribution in [0.4, 0.5) is 0 Å². The van der Waals surface area contributed by atoms with Gasteiger partial charge in [-0.3, -0.25) is 4.79 Å². The standard InChI is InChI=1S/C32H36N2O2/c1-21-7-11-27(17-29(21)30-18-31(34)28(20-36-3)12-8-22(30)2)32(35)26-6-4-5-24(15-16-26)25-13-9-23(19-33)10-14-25/h7,9-14,17,24,26,34H,4-6,8,15-16,18,20H2,1-3H3. The second kappa shape index (κ2) is 11.6. The number of carbonyl (C=O) groups is 1. The molecule has 0 radical (unpaired) electrons. The zero-order valence-electron chi connectivity index (χ0n) is 21.7. The van der Waals surface area contributed by atoms with Crippen molar-refractivity contribution >= 4 is 17.1 Å². The number of carbonyl (C=O) groups excluding carboxylic acids is 1. The first-order valence-electron chi connectivity index (χ1n) is 13.0. The quantitative estimate of drug-likeness (QED) is 0.342. The van der Waals surface area contributed by atoms with Gasteiger partial charge in [0.1, 0.15) is 0 Å². The minimum Gasteiger partial charge on any atom is -0.380 e. The minimum atomic E-state index is 0.0430. The summed E-state index contributed by atoms with van der Waals surface area (Å²) in [6.45, 7) is 4.69. The lowest BCUT2D eigenvalue weighted by atomic mass is 9.86. The third-order valence-corrected chi connectivity index (χ3v) is 7.91. The van der Waals surface area contributed by atoms with E-state index in [0.29, 0.717) is 30.2 Å². The number of ether oxygens (including phenoxy) is 1. The number of ketones is 1. The predicted molar refractivity (Wildman–Crippen MR) is 145 cm³/mol. The molecule has 0 spiro atoms. The van der Waals surface area contributed by atoms with Gasteiger partial charge in [-0.25, -0.2) is 0 Å². The summed E-state index contributed by atoms with van der Waals surface area (Å²) in [7, 11) is 1.67. The van der Waals surface area contributed by atoms with Crippen LogP contribution < -0.4 is 0 Å². The first-order chi connectivity index (χ1) is 17.4. The molecule has 1 fully saturated rings. The van der Waals surface area contributed by atoms with Crippen LogP contribution in [0.2, 0.25) is 0 Å². The molecule has 2 aromatic rings. The molecule has 4 heteroatoms. The minimum absolute atomic E-state index is 0.0430. The van der Waals surface area contributed by atoms with E-state index in [1.807, 2.05) is 18.2 Å². The maximum absolute atomic E-state index is 13.7. The molecule has 2 atom stereocenters. The maximum Gasteiger partial charge on any atom is 0.165 e. The average Bonchev–Trinajstić information content (AvgIpc) is 3.22. The predicted octanol–water partition coefficient (Wildman–Crippen LogP) is 7.57. The Labute approximate surface area is 215 Å². The molecule has 4 nitrogen and oxygen atoms in total. The summed E-state index contributed by atoms with van der Waals surface area (Å²) in [4.78, 5) is 13.7. The fourth-order valence-corrected chi connectivity index (χ4v) is 5.65. The topological polar surface area (TPSA) is 73.9 Å². The molecule has 36 heavy (non-hydrogen) atoms. The van der Waals surface area contributed by atoms with Crippen molar-refractivity contribution in [2.75, 3.05) is 13.7 Å². The van der Waals surface area contributed by atoms with E-state index >= 15 is 0 Å². The number of aryl methyl sites for hydroxylation is 1. The fourth-order valence-electron chi connectivity index (χ4n) is 5.65. The van der Waals surface area contributed by atoms with Crippen molar-refractivity contribution in [1.29, 1.82) is 10.7 Å². The molecular weight excluding hydrogens is 444 g/mol. The zero-order valence-corrected chi connectivity index (χ0v) is 21.7. The first-order valence-corrected chi connectivity index (χ1v) is 13.0. The van der Waals surface area contributed by atoms with Gasteiger partial charge in [0.25, 0.3) is 0 Å². The van der Waals surface area contributed by atoms with Crippen LogP contribution >= 0.6 is 0 Å². The van der Waals surface area contributed by atoms with Gasteiger partial charge in [-0.1, -0.05) is 42.3 Å². The molecule has 2 aliphatic rings. The van der Waals surface area contributed by atoms with E-state index < -0.39 is 0 Å². The SMILES string of the molecule is COCC1=CCC(C)=C(c2cc(C(=O)C3CCCC(c4ccc(C#N)cc4)CC3)ccc2C)CC1=N. The number of nitrogens with zero attached hydrogens (tertiary/aromatic N) is 1. The fraction of sp³-hybridized carbons (Fsp3) is 0.406. The molecule has 1 saturated carbocycles. The normalized spacial score (nSPS) is 20.8. The Bertz CT molecular complexity index is 1240. The summed E-state index contributed by atoms with van der Waals surface area (Å²) < 4.78 is 5.30. The van der Waals surface area contributed by atoms with Gasteiger partial charge in [0, 0.05) is 30.7 Å². The van der Waals surface area contributed by atoms with Crippen LogP contribution in [-0.4, -0.2) is 25.2 Å². The Morgan fingerprint density at radius 1 is 1.08 bits per heavy atom. The number of allylic oxidation sites excluding steroid dienone is 3. The highest BCUT2D eigenvalue weighted by Crippen LogP contribution is 2.37. The average molecular weight is 481 g/mol. The van der Waals surface area contributed by atoms with Gasteiger partial charge in [0.15, 0.2) is 5.78 Å². The monoisotopic (exact) mass is 480 g/mol. The van der Waals surface area contributed by atoms with Gasteiger partial charge in [-0.15, -0.1) is 0 Å². The number of Topliss-reactive ketones (excluding diaryl/α,β-unsaturated/α-hetero) is 1. The van der Waals surface area contributed by atoms with Crippen LogP contribution in [0.15, 0.2) is 59.7 Å². The summed E-state index contributed by atoms with van der Waals surface area (Å²) in [6.07, 6.45) is 8.40. The molecule has 0 aromatic heterocycles. The summed E-state index contributed by atoms with van der Waals surface area (Å²) in [5.41, 5.74) is 8.96. The van der Waals surface area contributed by atoms with E-state index in [1.165, 1.54) is 11.1 Å². The van der Waals surface area contributed by atoms with Gasteiger partial charge in [0.2, 0.25) is 0 Å². The second-order valence-corrected chi connectivity index (χ2v) is 10.3. The molecule has 0 heterocycles. The molecule has 0 saturated heterocycles. The highest BCUT2D eigenvalue weighted by atomic mass is 16.5. The van der Waals surface area contributed by atoms with Crippen LogP contribution in [0.5, 0.6) is 0 Å². The van der Waals surface area contributed by atoms with Crippen LogP contribution in [0, 0.1) is 29.6 Å². The highest BCUT2D eigenvalue weighted by Gasteiger charge is 2.27. The van der Waals surface area contributed by atoms with Gasteiger partial charge < -0.3 is 10.1 Å². The van der Waals surface area contributed by atoms with Crippen molar-refractivity contribution < 1.29 is 9.53 Å². The van der Waals surface area contributed by atoms with Crippen LogP contribution in [0.3, 0.4) is 0 Å². The van der Waals surface area contributed by atoms with E-state index in [9.17, 15) is 4.79 Å². The number of methoxy groups -OCH3 is 1. The summed E-state index contributed by atoms with van der Waals surface area (Å²) in [5, 5.41) is 17.7. The Balaban J connectivity index is 1.51.